The molecule has 0 heterocycles. The second kappa shape index (κ2) is 6.70. The lowest BCUT2D eigenvalue weighted by molar-refractivity contribution is 0.170. The summed E-state index contributed by atoms with van der Waals surface area (Å²) in [6.07, 6.45) is 0. The van der Waals surface area contributed by atoms with Gasteiger partial charge in [0.2, 0.25) is 0 Å². The Balaban J connectivity index is 2.68. The van der Waals surface area contributed by atoms with Crippen LogP contribution in [0.1, 0.15) is 5.56 Å². The summed E-state index contributed by atoms with van der Waals surface area (Å²) < 4.78 is 5.18. The smallest absolute Gasteiger partial charge is 0.123 e. The summed E-state index contributed by atoms with van der Waals surface area (Å²) in [5.74, 6) is 0.728. The van der Waals surface area contributed by atoms with Crippen LogP contribution in [0.15, 0.2) is 18.2 Å². The molecule has 4 nitrogen and oxygen atoms in total. The Morgan fingerprint density at radius 1 is 1.38 bits per heavy atom. The highest BCUT2D eigenvalue weighted by molar-refractivity contribution is 6.30. The minimum atomic E-state index is -0.330. The van der Waals surface area contributed by atoms with Crippen molar-refractivity contribution in [2.75, 3.05) is 20.3 Å². The van der Waals surface area contributed by atoms with Crippen molar-refractivity contribution in [1.82, 2.24) is 5.32 Å². The SMILES string of the molecule is COc1ccc(Cl)cc1CNC(CO)CO. The van der Waals surface area contributed by atoms with Gasteiger partial charge < -0.3 is 20.3 Å². The van der Waals surface area contributed by atoms with Crippen LogP contribution < -0.4 is 10.1 Å². The summed E-state index contributed by atoms with van der Waals surface area (Å²) in [6.45, 7) is 0.258. The third-order valence-corrected chi connectivity index (χ3v) is 2.50. The molecule has 0 unspecified atom stereocenters. The monoisotopic (exact) mass is 245 g/mol. The summed E-state index contributed by atoms with van der Waals surface area (Å²) in [4.78, 5) is 0. The molecule has 0 aliphatic carbocycles. The van der Waals surface area contributed by atoms with E-state index in [0.29, 0.717) is 11.6 Å². The first-order chi connectivity index (χ1) is 7.71. The molecule has 0 saturated heterocycles. The quantitative estimate of drug-likeness (QED) is 0.694. The molecule has 0 bridgehead atoms. The predicted molar refractivity (Wildman–Crippen MR) is 62.8 cm³/mol. The predicted octanol–water partition coefficient (Wildman–Crippen LogP) is 0.791. The van der Waals surface area contributed by atoms with Crippen molar-refractivity contribution in [3.05, 3.63) is 28.8 Å². The van der Waals surface area contributed by atoms with E-state index in [-0.39, 0.29) is 19.3 Å². The summed E-state index contributed by atoms with van der Waals surface area (Å²) in [5, 5.41) is 21.4. The maximum Gasteiger partial charge on any atom is 0.123 e. The van der Waals surface area contributed by atoms with Crippen molar-refractivity contribution in [1.29, 1.82) is 0 Å². The third kappa shape index (κ3) is 3.64. The summed E-state index contributed by atoms with van der Waals surface area (Å²) in [7, 11) is 1.59. The van der Waals surface area contributed by atoms with Crippen LogP contribution in [0, 0.1) is 0 Å². The minimum absolute atomic E-state index is 0.112. The van der Waals surface area contributed by atoms with Gasteiger partial charge in [-0.3, -0.25) is 0 Å². The van der Waals surface area contributed by atoms with Gasteiger partial charge in [0, 0.05) is 17.1 Å². The van der Waals surface area contributed by atoms with Crippen molar-refractivity contribution in [3.63, 3.8) is 0 Å². The van der Waals surface area contributed by atoms with Crippen LogP contribution >= 0.6 is 11.6 Å². The first-order valence-corrected chi connectivity index (χ1v) is 5.36. The molecule has 0 amide bonds. The molecule has 90 valence electrons. The number of methoxy groups -OCH3 is 1. The molecule has 0 aliphatic heterocycles. The number of hydrogen-bond acceptors (Lipinski definition) is 4. The Kier molecular flexibility index (Phi) is 5.55. The Morgan fingerprint density at radius 2 is 2.06 bits per heavy atom. The van der Waals surface area contributed by atoms with Crippen molar-refractivity contribution in [2.45, 2.75) is 12.6 Å². The third-order valence-electron chi connectivity index (χ3n) is 2.26. The number of aliphatic hydroxyl groups is 2. The van der Waals surface area contributed by atoms with Gasteiger partial charge >= 0.3 is 0 Å². The molecule has 0 spiro atoms. The van der Waals surface area contributed by atoms with Gasteiger partial charge in [0.25, 0.3) is 0 Å². The molecule has 1 aromatic rings. The molecule has 16 heavy (non-hydrogen) atoms. The zero-order valence-corrected chi connectivity index (χ0v) is 9.87. The van der Waals surface area contributed by atoms with Crippen molar-refractivity contribution in [3.8, 4) is 5.75 Å². The summed E-state index contributed by atoms with van der Waals surface area (Å²) in [6, 6.07) is 4.99. The van der Waals surface area contributed by atoms with E-state index >= 15 is 0 Å². The zero-order valence-electron chi connectivity index (χ0n) is 9.11. The fourth-order valence-corrected chi connectivity index (χ4v) is 1.52. The zero-order chi connectivity index (χ0) is 12.0. The summed E-state index contributed by atoms with van der Waals surface area (Å²) >= 11 is 5.87. The molecule has 0 fully saturated rings. The minimum Gasteiger partial charge on any atom is -0.496 e. The average Bonchev–Trinajstić information content (AvgIpc) is 2.30. The largest absolute Gasteiger partial charge is 0.496 e. The molecule has 1 rings (SSSR count). The second-order valence-electron chi connectivity index (χ2n) is 3.40. The molecular formula is C11H16ClNO3. The van der Waals surface area contributed by atoms with E-state index < -0.39 is 0 Å². The molecular weight excluding hydrogens is 230 g/mol. The first kappa shape index (κ1) is 13.3. The number of halogens is 1. The Bertz CT molecular complexity index is 329. The second-order valence-corrected chi connectivity index (χ2v) is 3.84. The van der Waals surface area contributed by atoms with Gasteiger partial charge in [0.05, 0.1) is 26.4 Å². The first-order valence-electron chi connectivity index (χ1n) is 4.98. The molecule has 3 N–H and O–H groups in total. The van der Waals surface area contributed by atoms with Crippen LogP contribution in [0.25, 0.3) is 0 Å². The summed E-state index contributed by atoms with van der Waals surface area (Å²) in [5.41, 5.74) is 0.891. The van der Waals surface area contributed by atoms with E-state index in [4.69, 9.17) is 26.6 Å². The number of ether oxygens (including phenoxy) is 1. The molecule has 0 aromatic heterocycles. The van der Waals surface area contributed by atoms with Crippen molar-refractivity contribution < 1.29 is 14.9 Å². The van der Waals surface area contributed by atoms with E-state index in [0.717, 1.165) is 11.3 Å². The highest BCUT2D eigenvalue weighted by atomic mass is 35.5. The molecule has 0 saturated carbocycles. The van der Waals surface area contributed by atoms with Gasteiger partial charge in [-0.15, -0.1) is 0 Å². The Morgan fingerprint density at radius 3 is 2.62 bits per heavy atom. The van der Waals surface area contributed by atoms with Crippen LogP contribution in [-0.2, 0) is 6.54 Å². The molecule has 0 aliphatic rings. The molecule has 1 aromatic carbocycles. The Hall–Kier alpha value is -0.810. The van der Waals surface area contributed by atoms with Crippen LogP contribution in [0.5, 0.6) is 5.75 Å². The van der Waals surface area contributed by atoms with Gasteiger partial charge in [-0.05, 0) is 18.2 Å². The number of aliphatic hydroxyl groups excluding tert-OH is 2. The lowest BCUT2D eigenvalue weighted by atomic mass is 10.2. The van der Waals surface area contributed by atoms with Gasteiger partial charge in [-0.25, -0.2) is 0 Å². The molecule has 0 atom stereocenters. The molecule has 5 heteroatoms. The maximum absolute atomic E-state index is 8.91. The highest BCUT2D eigenvalue weighted by Crippen LogP contribution is 2.22. The highest BCUT2D eigenvalue weighted by Gasteiger charge is 2.08. The van der Waals surface area contributed by atoms with E-state index in [1.165, 1.54) is 0 Å². The van der Waals surface area contributed by atoms with Crippen LogP contribution in [-0.4, -0.2) is 36.6 Å². The number of hydrogen-bond donors (Lipinski definition) is 3. The van der Waals surface area contributed by atoms with E-state index in [1.54, 1.807) is 25.3 Å². The average molecular weight is 246 g/mol. The van der Waals surface area contributed by atoms with Crippen molar-refractivity contribution in [2.24, 2.45) is 0 Å². The normalized spacial score (nSPS) is 10.8. The number of benzene rings is 1. The number of rotatable bonds is 6. The maximum atomic E-state index is 8.91. The number of nitrogens with one attached hydrogen (secondary N) is 1. The Labute approximate surface area is 99.8 Å². The van der Waals surface area contributed by atoms with E-state index in [2.05, 4.69) is 5.32 Å². The van der Waals surface area contributed by atoms with Crippen LogP contribution in [0.4, 0.5) is 0 Å². The standard InChI is InChI=1S/C11H16ClNO3/c1-16-11-3-2-9(12)4-8(11)5-13-10(6-14)7-15/h2-4,10,13-15H,5-7H2,1H3. The van der Waals surface area contributed by atoms with Crippen molar-refractivity contribution >= 4 is 11.6 Å². The van der Waals surface area contributed by atoms with E-state index in [1.807, 2.05) is 0 Å². The fourth-order valence-electron chi connectivity index (χ4n) is 1.33. The van der Waals surface area contributed by atoms with Gasteiger partial charge in [-0.2, -0.15) is 0 Å². The molecule has 0 radical (unpaired) electrons. The lowest BCUT2D eigenvalue weighted by Gasteiger charge is -2.15. The van der Waals surface area contributed by atoms with Gasteiger partial charge in [0.15, 0.2) is 0 Å². The van der Waals surface area contributed by atoms with Crippen LogP contribution in [0.2, 0.25) is 5.02 Å². The van der Waals surface area contributed by atoms with E-state index in [9.17, 15) is 0 Å². The van der Waals surface area contributed by atoms with Gasteiger partial charge in [-0.1, -0.05) is 11.6 Å². The fraction of sp³-hybridized carbons (Fsp3) is 0.455. The topological polar surface area (TPSA) is 61.7 Å². The van der Waals surface area contributed by atoms with Gasteiger partial charge in [0.1, 0.15) is 5.75 Å². The van der Waals surface area contributed by atoms with Crippen LogP contribution in [0.3, 0.4) is 0 Å². The lowest BCUT2D eigenvalue weighted by Crippen LogP contribution is -2.35.